The van der Waals surface area contributed by atoms with E-state index in [4.69, 9.17) is 9.47 Å². The van der Waals surface area contributed by atoms with Gasteiger partial charge in [0.25, 0.3) is 0 Å². The van der Waals surface area contributed by atoms with Crippen molar-refractivity contribution in [1.82, 2.24) is 0 Å². The molecular formula is C15H16O4. The van der Waals surface area contributed by atoms with Crippen LogP contribution in [0.4, 0.5) is 0 Å². The average Bonchev–Trinajstić information content (AvgIpc) is 2.81. The van der Waals surface area contributed by atoms with E-state index in [1.807, 2.05) is 19.1 Å². The van der Waals surface area contributed by atoms with Crippen molar-refractivity contribution in [1.29, 1.82) is 0 Å². The molecule has 3 aliphatic rings. The number of rotatable bonds is 0. The number of fused-ring (bicyclic) bond motifs is 4. The second-order valence-corrected chi connectivity index (χ2v) is 5.35. The van der Waals surface area contributed by atoms with E-state index < -0.39 is 0 Å². The molecule has 2 saturated heterocycles. The zero-order chi connectivity index (χ0) is 13.6. The molecule has 4 heteroatoms. The van der Waals surface area contributed by atoms with E-state index in [9.17, 15) is 9.59 Å². The summed E-state index contributed by atoms with van der Waals surface area (Å²) in [7, 11) is 0. The van der Waals surface area contributed by atoms with Gasteiger partial charge in [-0.05, 0) is 25.8 Å². The van der Waals surface area contributed by atoms with Crippen molar-refractivity contribution in [2.75, 3.05) is 0 Å². The summed E-state index contributed by atoms with van der Waals surface area (Å²) in [6.07, 6.45) is 5.44. The zero-order valence-corrected chi connectivity index (χ0v) is 10.8. The van der Waals surface area contributed by atoms with Crippen LogP contribution in [-0.4, -0.2) is 24.1 Å². The Kier molecular flexibility index (Phi) is 2.81. The molecule has 100 valence electrons. The summed E-state index contributed by atoms with van der Waals surface area (Å²) in [4.78, 5) is 23.5. The minimum atomic E-state index is -0.383. The van der Waals surface area contributed by atoms with Gasteiger partial charge in [0, 0.05) is 17.6 Å². The van der Waals surface area contributed by atoms with Gasteiger partial charge in [-0.3, -0.25) is 0 Å². The lowest BCUT2D eigenvalue weighted by molar-refractivity contribution is -0.141. The van der Waals surface area contributed by atoms with Crippen molar-refractivity contribution >= 4 is 11.9 Å². The van der Waals surface area contributed by atoms with Crippen molar-refractivity contribution in [3.63, 3.8) is 0 Å². The first kappa shape index (κ1) is 12.2. The van der Waals surface area contributed by atoms with Crippen molar-refractivity contribution in [2.24, 2.45) is 5.92 Å². The molecule has 0 aromatic rings. The van der Waals surface area contributed by atoms with E-state index in [0.717, 1.165) is 18.4 Å². The summed E-state index contributed by atoms with van der Waals surface area (Å²) < 4.78 is 10.7. The fourth-order valence-corrected chi connectivity index (χ4v) is 2.94. The Morgan fingerprint density at radius 1 is 1.26 bits per heavy atom. The molecule has 2 fully saturated rings. The Bertz CT molecular complexity index is 526. The van der Waals surface area contributed by atoms with E-state index in [1.54, 1.807) is 0 Å². The standard InChI is InChI=1S/C15H16O4/c1-8-4-3-5-10-7-12(19-15(10)17)13-9(2)14(16)18-11(13)6-8/h5-6,11-13H,2-4,7H2,1H3/b8-6+,10-5?/t11-,12-,13+/m1/s1. The molecule has 0 radical (unpaired) electrons. The van der Waals surface area contributed by atoms with Crippen LogP contribution in [0.15, 0.2) is 35.5 Å². The third kappa shape index (κ3) is 2.01. The number of hydrogen-bond donors (Lipinski definition) is 0. The zero-order valence-electron chi connectivity index (χ0n) is 10.8. The number of ether oxygens (including phenoxy) is 2. The molecule has 2 aliphatic heterocycles. The fourth-order valence-electron chi connectivity index (χ4n) is 2.94. The molecule has 0 saturated carbocycles. The summed E-state index contributed by atoms with van der Waals surface area (Å²) in [6, 6.07) is 0. The summed E-state index contributed by atoms with van der Waals surface area (Å²) in [6.45, 7) is 5.81. The van der Waals surface area contributed by atoms with Crippen LogP contribution in [0.25, 0.3) is 0 Å². The van der Waals surface area contributed by atoms with Crippen LogP contribution in [0.5, 0.6) is 0 Å². The number of esters is 2. The number of hydrogen-bond acceptors (Lipinski definition) is 4. The van der Waals surface area contributed by atoms with Gasteiger partial charge in [-0.25, -0.2) is 9.59 Å². The van der Waals surface area contributed by atoms with Gasteiger partial charge in [0.15, 0.2) is 0 Å². The third-order valence-corrected chi connectivity index (χ3v) is 3.98. The molecule has 4 nitrogen and oxygen atoms in total. The number of carbonyl (C=O) groups is 2. The maximum absolute atomic E-state index is 11.8. The lowest BCUT2D eigenvalue weighted by Crippen LogP contribution is -2.28. The highest BCUT2D eigenvalue weighted by Gasteiger charge is 2.47. The van der Waals surface area contributed by atoms with Gasteiger partial charge in [0.2, 0.25) is 0 Å². The smallest absolute Gasteiger partial charge is 0.334 e. The largest absolute Gasteiger partial charge is 0.458 e. The monoisotopic (exact) mass is 260 g/mol. The Labute approximate surface area is 111 Å². The highest BCUT2D eigenvalue weighted by Crippen LogP contribution is 2.39. The number of carbonyl (C=O) groups excluding carboxylic acids is 2. The highest BCUT2D eigenvalue weighted by molar-refractivity contribution is 5.93. The van der Waals surface area contributed by atoms with Gasteiger partial charge in [-0.2, -0.15) is 0 Å². The topological polar surface area (TPSA) is 52.6 Å². The molecule has 0 unspecified atom stereocenters. The van der Waals surface area contributed by atoms with Gasteiger partial charge in [-0.15, -0.1) is 0 Å². The predicted molar refractivity (Wildman–Crippen MR) is 68.1 cm³/mol. The Morgan fingerprint density at radius 3 is 2.84 bits per heavy atom. The summed E-state index contributed by atoms with van der Waals surface area (Å²) in [5, 5.41) is 0. The van der Waals surface area contributed by atoms with Crippen LogP contribution in [0.2, 0.25) is 0 Å². The summed E-state index contributed by atoms with van der Waals surface area (Å²) >= 11 is 0. The van der Waals surface area contributed by atoms with Crippen LogP contribution in [0, 0.1) is 5.92 Å². The molecule has 1 aliphatic carbocycles. The van der Waals surface area contributed by atoms with Crippen LogP contribution < -0.4 is 0 Å². The van der Waals surface area contributed by atoms with Crippen molar-refractivity contribution in [3.05, 3.63) is 35.5 Å². The van der Waals surface area contributed by atoms with Gasteiger partial charge in [-0.1, -0.05) is 18.2 Å². The first-order valence-electron chi connectivity index (χ1n) is 6.53. The number of allylic oxidation sites excluding steroid dienone is 2. The SMILES string of the molecule is C=C1C(=O)O[C@@H]2/C=C(\C)CCC=C3C[C@@H](OC3=O)[C@@H]12. The minimum absolute atomic E-state index is 0.254. The quantitative estimate of drug-likeness (QED) is 0.380. The minimum Gasteiger partial charge on any atom is -0.458 e. The van der Waals surface area contributed by atoms with E-state index in [-0.39, 0.29) is 30.1 Å². The van der Waals surface area contributed by atoms with Crippen molar-refractivity contribution in [2.45, 2.75) is 38.4 Å². The second-order valence-electron chi connectivity index (χ2n) is 5.35. The molecule has 2 bridgehead atoms. The van der Waals surface area contributed by atoms with Crippen LogP contribution in [0.1, 0.15) is 26.2 Å². The molecule has 19 heavy (non-hydrogen) atoms. The molecule has 0 aromatic heterocycles. The highest BCUT2D eigenvalue weighted by atomic mass is 16.6. The van der Waals surface area contributed by atoms with Gasteiger partial charge in [0.1, 0.15) is 12.2 Å². The Morgan fingerprint density at radius 2 is 2.05 bits per heavy atom. The fraction of sp³-hybridized carbons (Fsp3) is 0.467. The molecule has 0 N–H and O–H groups in total. The molecule has 0 spiro atoms. The maximum atomic E-state index is 11.8. The van der Waals surface area contributed by atoms with E-state index >= 15 is 0 Å². The van der Waals surface area contributed by atoms with E-state index in [0.29, 0.717) is 17.6 Å². The lowest BCUT2D eigenvalue weighted by atomic mass is 9.87. The first-order chi connectivity index (χ1) is 9.06. The second kappa shape index (κ2) is 4.37. The van der Waals surface area contributed by atoms with Crippen LogP contribution in [0.3, 0.4) is 0 Å². The first-order valence-corrected chi connectivity index (χ1v) is 6.53. The summed E-state index contributed by atoms with van der Waals surface area (Å²) in [5.74, 6) is -0.905. The van der Waals surface area contributed by atoms with E-state index in [2.05, 4.69) is 6.58 Å². The summed E-state index contributed by atoms with van der Waals surface area (Å²) in [5.41, 5.74) is 2.28. The molecule has 3 rings (SSSR count). The molecule has 3 atom stereocenters. The average molecular weight is 260 g/mol. The van der Waals surface area contributed by atoms with Crippen LogP contribution >= 0.6 is 0 Å². The Hall–Kier alpha value is -1.84. The molecule has 0 amide bonds. The van der Waals surface area contributed by atoms with E-state index in [1.165, 1.54) is 0 Å². The molecule has 0 aromatic carbocycles. The van der Waals surface area contributed by atoms with Crippen molar-refractivity contribution in [3.8, 4) is 0 Å². The van der Waals surface area contributed by atoms with Gasteiger partial charge >= 0.3 is 11.9 Å². The predicted octanol–water partition coefficient (Wildman–Crippen LogP) is 2.07. The van der Waals surface area contributed by atoms with Gasteiger partial charge < -0.3 is 9.47 Å². The normalized spacial score (nSPS) is 36.9. The Balaban J connectivity index is 2.00. The molecule has 2 heterocycles. The van der Waals surface area contributed by atoms with Crippen molar-refractivity contribution < 1.29 is 19.1 Å². The van der Waals surface area contributed by atoms with Crippen LogP contribution in [-0.2, 0) is 19.1 Å². The lowest BCUT2D eigenvalue weighted by Gasteiger charge is -2.21. The maximum Gasteiger partial charge on any atom is 0.334 e. The molecular weight excluding hydrogens is 244 g/mol. The van der Waals surface area contributed by atoms with Gasteiger partial charge in [0.05, 0.1) is 5.92 Å². The third-order valence-electron chi connectivity index (χ3n) is 3.98.